The number of allylic oxidation sites excluding steroid dienone is 1. The van der Waals surface area contributed by atoms with Crippen molar-refractivity contribution in [2.75, 3.05) is 19.8 Å². The van der Waals surface area contributed by atoms with Crippen LogP contribution in [0.4, 0.5) is 0 Å². The Labute approximate surface area is 268 Å². The quantitative estimate of drug-likeness (QED) is 0.145. The highest BCUT2D eigenvalue weighted by molar-refractivity contribution is 8.14. The maximum Gasteiger partial charge on any atom is 0.306 e. The molecule has 244 valence electrons. The van der Waals surface area contributed by atoms with E-state index in [1.807, 2.05) is 6.08 Å². The van der Waals surface area contributed by atoms with E-state index >= 15 is 0 Å². The summed E-state index contributed by atoms with van der Waals surface area (Å²) in [5.41, 5.74) is 1.71. The van der Waals surface area contributed by atoms with Crippen LogP contribution < -0.4 is 5.32 Å². The second kappa shape index (κ2) is 13.4. The summed E-state index contributed by atoms with van der Waals surface area (Å²) < 4.78 is 11.9. The molecular formula is C36H53NO6S. The lowest BCUT2D eigenvalue weighted by atomic mass is 9.46. The van der Waals surface area contributed by atoms with Gasteiger partial charge in [0.15, 0.2) is 5.78 Å². The predicted molar refractivity (Wildman–Crippen MR) is 173 cm³/mol. The van der Waals surface area contributed by atoms with Crippen LogP contribution in [0.3, 0.4) is 0 Å². The standard InChI is InChI=1S/C36H53NO6S/c1-6-24(7-2)18-23(3)19-30(39)37-16-17-42-22-32(41)44-29-21-25-20-26(38)8-12-34(25,4)27-9-13-35(5)28(33(27)29)10-14-36(35)15-11-31(40)43-36/h20,24,27-29,33H,3,6-19,21-22H2,1-2,4-5H3,(H,37,39)/t27?,28?,29-,33?,34?,35?,36-/m1/s1. The molecule has 1 heterocycles. The number of ketones is 1. The van der Waals surface area contributed by atoms with Gasteiger partial charge in [0.1, 0.15) is 12.2 Å². The van der Waals surface area contributed by atoms with Crippen LogP contribution in [-0.4, -0.2) is 53.4 Å². The van der Waals surface area contributed by atoms with Gasteiger partial charge in [0.05, 0.1) is 6.61 Å². The average molecular weight is 628 g/mol. The number of amides is 1. The Morgan fingerprint density at radius 2 is 1.84 bits per heavy atom. The Hall–Kier alpha value is -1.93. The van der Waals surface area contributed by atoms with Crippen LogP contribution in [0.1, 0.15) is 111 Å². The number of fused-ring (bicyclic) bond motifs is 6. The van der Waals surface area contributed by atoms with E-state index in [1.165, 1.54) is 17.3 Å². The zero-order chi connectivity index (χ0) is 31.7. The Morgan fingerprint density at radius 1 is 1.09 bits per heavy atom. The van der Waals surface area contributed by atoms with Crippen LogP contribution in [0.5, 0.6) is 0 Å². The van der Waals surface area contributed by atoms with Gasteiger partial charge in [-0.15, -0.1) is 0 Å². The molecule has 0 bridgehead atoms. The number of carbonyl (C=O) groups excluding carboxylic acids is 4. The first kappa shape index (κ1) is 33.4. The third kappa shape index (κ3) is 6.36. The highest BCUT2D eigenvalue weighted by Crippen LogP contribution is 2.70. The molecule has 1 N–H and O–H groups in total. The number of hydrogen-bond donors (Lipinski definition) is 1. The third-order valence-electron chi connectivity index (χ3n) is 12.5. The lowest BCUT2D eigenvalue weighted by Gasteiger charge is -2.61. The molecule has 7 nitrogen and oxygen atoms in total. The van der Waals surface area contributed by atoms with Crippen molar-refractivity contribution in [3.63, 3.8) is 0 Å². The van der Waals surface area contributed by atoms with Crippen LogP contribution in [0.25, 0.3) is 0 Å². The summed E-state index contributed by atoms with van der Waals surface area (Å²) in [5, 5.41) is 2.96. The van der Waals surface area contributed by atoms with Crippen LogP contribution in [0, 0.1) is 34.5 Å². The van der Waals surface area contributed by atoms with Crippen molar-refractivity contribution >= 4 is 34.5 Å². The summed E-state index contributed by atoms with van der Waals surface area (Å²) >= 11 is 1.40. The van der Waals surface area contributed by atoms with E-state index in [4.69, 9.17) is 9.47 Å². The Kier molecular flexibility index (Phi) is 10.2. The minimum Gasteiger partial charge on any atom is -0.458 e. The van der Waals surface area contributed by atoms with E-state index in [0.717, 1.165) is 69.8 Å². The fourth-order valence-electron chi connectivity index (χ4n) is 9.88. The number of hydrogen-bond acceptors (Lipinski definition) is 7. The Bertz CT molecular complexity index is 1190. The summed E-state index contributed by atoms with van der Waals surface area (Å²) in [6.07, 6.45) is 12.8. The third-order valence-corrected chi connectivity index (χ3v) is 13.7. The number of rotatable bonds is 12. The number of carbonyl (C=O) groups is 4. The van der Waals surface area contributed by atoms with Gasteiger partial charge in [-0.1, -0.05) is 70.0 Å². The second-order valence-electron chi connectivity index (χ2n) is 14.8. The summed E-state index contributed by atoms with van der Waals surface area (Å²) in [5.74, 6) is 1.76. The normalized spacial score (nSPS) is 36.0. The maximum atomic E-state index is 13.3. The maximum absolute atomic E-state index is 13.3. The smallest absolute Gasteiger partial charge is 0.306 e. The minimum atomic E-state index is -0.369. The van der Waals surface area contributed by atoms with Crippen LogP contribution >= 0.6 is 11.8 Å². The molecule has 7 atom stereocenters. The average Bonchev–Trinajstić information content (AvgIpc) is 3.51. The van der Waals surface area contributed by atoms with Crippen molar-refractivity contribution in [2.24, 2.45) is 34.5 Å². The van der Waals surface area contributed by atoms with E-state index in [-0.39, 0.29) is 57.7 Å². The van der Waals surface area contributed by atoms with Crippen molar-refractivity contribution in [1.29, 1.82) is 0 Å². The lowest BCUT2D eigenvalue weighted by molar-refractivity contribution is -0.167. The molecule has 5 unspecified atom stereocenters. The van der Waals surface area contributed by atoms with Gasteiger partial charge in [0.25, 0.3) is 0 Å². The predicted octanol–water partition coefficient (Wildman–Crippen LogP) is 6.74. The van der Waals surface area contributed by atoms with E-state index in [0.29, 0.717) is 49.5 Å². The Morgan fingerprint density at radius 3 is 2.55 bits per heavy atom. The molecule has 0 radical (unpaired) electrons. The van der Waals surface area contributed by atoms with Crippen molar-refractivity contribution in [2.45, 2.75) is 122 Å². The van der Waals surface area contributed by atoms with Gasteiger partial charge in [-0.3, -0.25) is 19.2 Å². The molecule has 1 spiro atoms. The number of thioether (sulfide) groups is 1. The van der Waals surface area contributed by atoms with E-state index in [9.17, 15) is 19.2 Å². The molecule has 1 amide bonds. The van der Waals surface area contributed by atoms with Gasteiger partial charge in [-0.25, -0.2) is 0 Å². The molecule has 5 aliphatic rings. The number of esters is 1. The van der Waals surface area contributed by atoms with Gasteiger partial charge >= 0.3 is 5.97 Å². The highest BCUT2D eigenvalue weighted by atomic mass is 32.2. The number of ether oxygens (including phenoxy) is 2. The fraction of sp³-hybridized carbons (Fsp3) is 0.778. The van der Waals surface area contributed by atoms with E-state index in [1.54, 1.807) is 0 Å². The monoisotopic (exact) mass is 627 g/mol. The first-order chi connectivity index (χ1) is 20.9. The molecule has 0 aromatic rings. The lowest BCUT2D eigenvalue weighted by Crippen LogP contribution is -2.57. The fourth-order valence-corrected chi connectivity index (χ4v) is 11.2. The van der Waals surface area contributed by atoms with Crippen LogP contribution in [0.2, 0.25) is 0 Å². The highest BCUT2D eigenvalue weighted by Gasteiger charge is 2.68. The van der Waals surface area contributed by atoms with E-state index < -0.39 is 0 Å². The zero-order valence-electron chi connectivity index (χ0n) is 27.3. The first-order valence-corrected chi connectivity index (χ1v) is 18.0. The summed E-state index contributed by atoms with van der Waals surface area (Å²) in [6.45, 7) is 13.7. The molecule has 3 saturated carbocycles. The SMILES string of the molecule is C=C(CC(=O)NCCOCC(=O)S[C@@H]1CC2=CC(=O)CCC2(C)C2CCC3(C)C(CC[C@@]34CCC(=O)O4)C21)CC(CC)CC. The van der Waals surface area contributed by atoms with Gasteiger partial charge < -0.3 is 14.8 Å². The van der Waals surface area contributed by atoms with Gasteiger partial charge in [0, 0.05) is 36.5 Å². The summed E-state index contributed by atoms with van der Waals surface area (Å²) in [6, 6.07) is 0. The van der Waals surface area contributed by atoms with Crippen molar-refractivity contribution in [3.8, 4) is 0 Å². The molecule has 0 aromatic heterocycles. The van der Waals surface area contributed by atoms with Gasteiger partial charge in [0.2, 0.25) is 11.0 Å². The molecule has 8 heteroatoms. The van der Waals surface area contributed by atoms with Gasteiger partial charge in [-0.2, -0.15) is 0 Å². The van der Waals surface area contributed by atoms with E-state index in [2.05, 4.69) is 39.6 Å². The number of nitrogens with one attached hydrogen (secondary N) is 1. The summed E-state index contributed by atoms with van der Waals surface area (Å²) in [7, 11) is 0. The largest absolute Gasteiger partial charge is 0.458 e. The Balaban J connectivity index is 1.19. The van der Waals surface area contributed by atoms with Crippen molar-refractivity contribution < 1.29 is 28.7 Å². The molecule has 44 heavy (non-hydrogen) atoms. The molecule has 5 rings (SSSR count). The van der Waals surface area contributed by atoms with Crippen molar-refractivity contribution in [3.05, 3.63) is 23.8 Å². The first-order valence-electron chi connectivity index (χ1n) is 17.1. The topological polar surface area (TPSA) is 98.8 Å². The molecule has 4 fully saturated rings. The molecule has 0 aromatic carbocycles. The minimum absolute atomic E-state index is 0.00255. The molecule has 4 aliphatic carbocycles. The molecular weight excluding hydrogens is 574 g/mol. The van der Waals surface area contributed by atoms with Crippen LogP contribution in [-0.2, 0) is 28.7 Å². The molecule has 1 saturated heterocycles. The second-order valence-corrected chi connectivity index (χ2v) is 16.1. The molecule has 1 aliphatic heterocycles. The van der Waals surface area contributed by atoms with Gasteiger partial charge in [-0.05, 0) is 86.5 Å². The summed E-state index contributed by atoms with van der Waals surface area (Å²) in [4.78, 5) is 50.5. The zero-order valence-corrected chi connectivity index (χ0v) is 28.2. The van der Waals surface area contributed by atoms with Crippen LogP contribution in [0.15, 0.2) is 23.8 Å². The van der Waals surface area contributed by atoms with Crippen molar-refractivity contribution in [1.82, 2.24) is 5.32 Å².